The van der Waals surface area contributed by atoms with E-state index >= 15 is 0 Å². The van der Waals surface area contributed by atoms with E-state index in [4.69, 9.17) is 0 Å². The minimum atomic E-state index is 1.04. The molecule has 0 spiro atoms. The standard InChI is InChI=1S/C17H17N/c1-13-4-8-15(9-5-13)17(12-18-3)16-10-6-14(2)7-11-16/h4-11H,1-3H3/q-2. The second-order valence-electron chi connectivity index (χ2n) is 4.44. The van der Waals surface area contributed by atoms with Crippen LogP contribution < -0.4 is 0 Å². The normalized spacial score (nSPS) is 13.5. The van der Waals surface area contributed by atoms with Crippen LogP contribution in [0, 0.1) is 18.8 Å². The lowest BCUT2D eigenvalue weighted by Gasteiger charge is -2.31. The lowest BCUT2D eigenvalue weighted by atomic mass is 9.88. The third-order valence-electron chi connectivity index (χ3n) is 2.90. The number of benzene rings is 1. The van der Waals surface area contributed by atoms with Crippen LogP contribution in [-0.4, -0.2) is 12.9 Å². The Bertz CT molecular complexity index is 511. The van der Waals surface area contributed by atoms with E-state index in [1.807, 2.05) is 0 Å². The van der Waals surface area contributed by atoms with Crippen LogP contribution in [0.3, 0.4) is 0 Å². The average molecular weight is 235 g/mol. The van der Waals surface area contributed by atoms with E-state index < -0.39 is 0 Å². The van der Waals surface area contributed by atoms with Gasteiger partial charge in [0.2, 0.25) is 0 Å². The Morgan fingerprint density at radius 1 is 1.06 bits per heavy atom. The number of allylic oxidation sites excluding steroid dienone is 5. The topological polar surface area (TPSA) is 12.4 Å². The molecular weight excluding hydrogens is 218 g/mol. The van der Waals surface area contributed by atoms with Crippen LogP contribution in [0.15, 0.2) is 53.6 Å². The molecule has 0 aromatic heterocycles. The van der Waals surface area contributed by atoms with Gasteiger partial charge in [0.25, 0.3) is 0 Å². The molecule has 0 N–H and O–H groups in total. The highest BCUT2D eigenvalue weighted by atomic mass is 14.6. The molecule has 0 atom stereocenters. The summed E-state index contributed by atoms with van der Waals surface area (Å²) in [4.78, 5) is 4.05. The highest BCUT2D eigenvalue weighted by molar-refractivity contribution is 5.99. The summed E-state index contributed by atoms with van der Waals surface area (Å²) in [6.45, 7) is 4.18. The van der Waals surface area contributed by atoms with Crippen LogP contribution in [0.4, 0.5) is 0 Å². The van der Waals surface area contributed by atoms with Crippen molar-refractivity contribution >= 4 is 11.4 Å². The zero-order chi connectivity index (χ0) is 13.0. The first-order valence-corrected chi connectivity index (χ1v) is 6.06. The molecule has 18 heavy (non-hydrogen) atoms. The van der Waals surface area contributed by atoms with Gasteiger partial charge in [-0.25, -0.2) is 30.2 Å². The van der Waals surface area contributed by atoms with E-state index in [1.54, 1.807) is 7.05 Å². The van der Waals surface area contributed by atoms with Gasteiger partial charge in [-0.1, -0.05) is 47.9 Å². The minimum absolute atomic E-state index is 1.04. The summed E-state index contributed by atoms with van der Waals surface area (Å²) in [7, 11) is 1.75. The molecule has 92 valence electrons. The number of nitrogens with zero attached hydrogens (tertiary/aromatic N) is 1. The first-order valence-electron chi connectivity index (χ1n) is 6.06. The third kappa shape index (κ3) is 2.77. The van der Waals surface area contributed by atoms with Crippen molar-refractivity contribution in [3.05, 3.63) is 71.5 Å². The Morgan fingerprint density at radius 3 is 2.22 bits per heavy atom. The highest BCUT2D eigenvalue weighted by Gasteiger charge is 2.00. The molecule has 1 aliphatic rings. The zero-order valence-corrected chi connectivity index (χ0v) is 11.1. The fourth-order valence-corrected chi connectivity index (χ4v) is 1.85. The van der Waals surface area contributed by atoms with Crippen molar-refractivity contribution in [1.29, 1.82) is 0 Å². The van der Waals surface area contributed by atoms with Gasteiger partial charge >= 0.3 is 0 Å². The van der Waals surface area contributed by atoms with E-state index in [9.17, 15) is 0 Å². The predicted molar refractivity (Wildman–Crippen MR) is 78.4 cm³/mol. The van der Waals surface area contributed by atoms with Crippen molar-refractivity contribution in [2.45, 2.75) is 13.8 Å². The van der Waals surface area contributed by atoms with Gasteiger partial charge < -0.3 is 0 Å². The Morgan fingerprint density at radius 2 is 1.67 bits per heavy atom. The summed E-state index contributed by atoms with van der Waals surface area (Å²) in [6, 6.07) is 8.45. The third-order valence-corrected chi connectivity index (χ3v) is 2.90. The molecule has 1 aromatic carbocycles. The summed E-state index contributed by atoms with van der Waals surface area (Å²) in [5, 5.41) is 0. The van der Waals surface area contributed by atoms with E-state index in [0.717, 1.165) is 17.1 Å². The van der Waals surface area contributed by atoms with E-state index in [2.05, 4.69) is 73.3 Å². The van der Waals surface area contributed by atoms with Crippen molar-refractivity contribution in [1.82, 2.24) is 0 Å². The van der Waals surface area contributed by atoms with E-state index in [-0.39, 0.29) is 0 Å². The van der Waals surface area contributed by atoms with Crippen molar-refractivity contribution in [2.75, 3.05) is 7.05 Å². The van der Waals surface area contributed by atoms with Crippen molar-refractivity contribution in [2.24, 2.45) is 4.99 Å². The van der Waals surface area contributed by atoms with Gasteiger partial charge in [-0.3, -0.25) is 4.99 Å². The Labute approximate surface area is 109 Å². The van der Waals surface area contributed by atoms with Gasteiger partial charge in [0.15, 0.2) is 0 Å². The molecule has 1 aromatic rings. The molecule has 0 saturated heterocycles. The van der Waals surface area contributed by atoms with Crippen LogP contribution in [0.5, 0.6) is 0 Å². The largest absolute Gasteiger partial charge is 0.291 e. The number of aryl methyl sites for hydroxylation is 1. The van der Waals surface area contributed by atoms with Crippen molar-refractivity contribution in [3.63, 3.8) is 0 Å². The van der Waals surface area contributed by atoms with Crippen LogP contribution in [0.1, 0.15) is 18.1 Å². The second-order valence-corrected chi connectivity index (χ2v) is 4.44. The summed E-state index contributed by atoms with van der Waals surface area (Å²) < 4.78 is 0. The number of hydrogen-bond acceptors (Lipinski definition) is 1. The molecule has 0 aliphatic heterocycles. The zero-order valence-electron chi connectivity index (χ0n) is 11.1. The molecule has 0 fully saturated rings. The molecule has 0 radical (unpaired) electrons. The van der Waals surface area contributed by atoms with Crippen molar-refractivity contribution in [3.8, 4) is 0 Å². The van der Waals surface area contributed by atoms with E-state index in [1.165, 1.54) is 11.5 Å². The SMILES string of the molecule is CN=C=C(c1ccc(C)cc1)[C-]1C=C[C-](C)C=C1. The molecule has 0 unspecified atom stereocenters. The maximum atomic E-state index is 4.05. The lowest BCUT2D eigenvalue weighted by molar-refractivity contribution is 1.27. The van der Waals surface area contributed by atoms with Gasteiger partial charge in [0.05, 0.1) is 0 Å². The average Bonchev–Trinajstić information content (AvgIpc) is 2.39. The molecular formula is C17H17N-2. The van der Waals surface area contributed by atoms with Crippen LogP contribution >= 0.6 is 0 Å². The monoisotopic (exact) mass is 235 g/mol. The Balaban J connectivity index is 2.36. The first kappa shape index (κ1) is 12.3. The highest BCUT2D eigenvalue weighted by Crippen LogP contribution is 2.29. The van der Waals surface area contributed by atoms with Gasteiger partial charge in [-0.05, 0) is 6.92 Å². The van der Waals surface area contributed by atoms with E-state index in [0.29, 0.717) is 0 Å². The lowest BCUT2D eigenvalue weighted by Crippen LogP contribution is -2.00. The van der Waals surface area contributed by atoms with Gasteiger partial charge in [-0.2, -0.15) is 5.92 Å². The van der Waals surface area contributed by atoms with Crippen molar-refractivity contribution < 1.29 is 0 Å². The molecule has 0 bridgehead atoms. The Kier molecular flexibility index (Phi) is 3.76. The second kappa shape index (κ2) is 5.48. The van der Waals surface area contributed by atoms with Crippen LogP contribution in [-0.2, 0) is 0 Å². The fraction of sp³-hybridized carbons (Fsp3) is 0.176. The fourth-order valence-electron chi connectivity index (χ4n) is 1.85. The van der Waals surface area contributed by atoms with Gasteiger partial charge in [0, 0.05) is 7.05 Å². The van der Waals surface area contributed by atoms with Crippen LogP contribution in [0.25, 0.3) is 5.57 Å². The number of hydrogen-bond donors (Lipinski definition) is 0. The summed E-state index contributed by atoms with van der Waals surface area (Å²) in [5.41, 5.74) is 3.45. The number of aliphatic imine (C=N–C) groups is 1. The molecule has 1 aliphatic carbocycles. The van der Waals surface area contributed by atoms with Crippen LogP contribution in [0.2, 0.25) is 0 Å². The molecule has 0 saturated carbocycles. The smallest absolute Gasteiger partial charge is 0.0279 e. The molecule has 2 rings (SSSR count). The maximum absolute atomic E-state index is 4.05. The summed E-state index contributed by atoms with van der Waals surface area (Å²) >= 11 is 0. The molecule has 1 nitrogen and oxygen atoms in total. The van der Waals surface area contributed by atoms with Gasteiger partial charge in [0.1, 0.15) is 0 Å². The predicted octanol–water partition coefficient (Wildman–Crippen LogP) is 3.97. The quantitative estimate of drug-likeness (QED) is 0.543. The number of rotatable bonds is 2. The molecule has 0 heterocycles. The summed E-state index contributed by atoms with van der Waals surface area (Å²) in [6.07, 6.45) is 8.45. The maximum Gasteiger partial charge on any atom is 0.0279 e. The molecule has 1 heteroatoms. The van der Waals surface area contributed by atoms with Gasteiger partial charge in [-0.15, -0.1) is 5.87 Å². The summed E-state index contributed by atoms with van der Waals surface area (Å²) in [5.74, 6) is 5.50. The molecule has 0 amide bonds. The first-order chi connectivity index (χ1) is 8.70. The Hall–Kier alpha value is -2.11. The minimum Gasteiger partial charge on any atom is -0.291 e.